The number of thiophene rings is 1. The highest BCUT2D eigenvalue weighted by molar-refractivity contribution is 7.99. The lowest BCUT2D eigenvalue weighted by atomic mass is 10.1. The molecule has 1 amide bonds. The minimum absolute atomic E-state index is 0.0236. The molecule has 5 nitrogen and oxygen atoms in total. The van der Waals surface area contributed by atoms with Crippen molar-refractivity contribution in [3.05, 3.63) is 93.9 Å². The molecule has 0 aliphatic rings. The second-order valence-corrected chi connectivity index (χ2v) is 9.47. The molecule has 0 saturated heterocycles. The third kappa shape index (κ3) is 5.47. The first-order valence-corrected chi connectivity index (χ1v) is 12.5. The molecule has 0 spiro atoms. The standard InChI is InChI=1S/C25H26N4OS2/c1-3-19-11-13-20(14-12-19)18(2)26-24(30)17-32-25-28-27-23(16-22-10-7-15-31-22)29(25)21-8-5-4-6-9-21/h4-15,18H,3,16-17H2,1-2H3,(H,26,30). The van der Waals surface area contributed by atoms with Crippen molar-refractivity contribution < 1.29 is 4.79 Å². The molecular weight excluding hydrogens is 436 g/mol. The number of carbonyl (C=O) groups is 1. The van der Waals surface area contributed by atoms with E-state index in [1.54, 1.807) is 11.3 Å². The van der Waals surface area contributed by atoms with Crippen molar-refractivity contribution in [2.45, 2.75) is 37.9 Å². The molecule has 0 saturated carbocycles. The zero-order valence-electron chi connectivity index (χ0n) is 18.2. The normalized spacial score (nSPS) is 11.9. The van der Waals surface area contributed by atoms with Crippen LogP contribution in [0.2, 0.25) is 0 Å². The molecule has 0 radical (unpaired) electrons. The number of carbonyl (C=O) groups excluding carboxylic acids is 1. The van der Waals surface area contributed by atoms with Gasteiger partial charge in [0, 0.05) is 17.0 Å². The van der Waals surface area contributed by atoms with Crippen molar-refractivity contribution in [2.24, 2.45) is 0 Å². The maximum Gasteiger partial charge on any atom is 0.230 e. The van der Waals surface area contributed by atoms with E-state index in [9.17, 15) is 4.79 Å². The lowest BCUT2D eigenvalue weighted by Gasteiger charge is -2.15. The number of aryl methyl sites for hydroxylation is 1. The Kier molecular flexibility index (Phi) is 7.39. The fourth-order valence-electron chi connectivity index (χ4n) is 3.45. The van der Waals surface area contributed by atoms with Crippen LogP contribution in [0.15, 0.2) is 77.3 Å². The number of aromatic nitrogens is 3. The highest BCUT2D eigenvalue weighted by atomic mass is 32.2. The highest BCUT2D eigenvalue weighted by Crippen LogP contribution is 2.24. The molecule has 0 bridgehead atoms. The van der Waals surface area contributed by atoms with Crippen LogP contribution < -0.4 is 5.32 Å². The van der Waals surface area contributed by atoms with Crippen molar-refractivity contribution >= 4 is 29.0 Å². The van der Waals surface area contributed by atoms with Crippen LogP contribution in [0.3, 0.4) is 0 Å². The molecule has 1 N–H and O–H groups in total. The molecule has 1 unspecified atom stereocenters. The lowest BCUT2D eigenvalue weighted by Crippen LogP contribution is -2.28. The molecule has 4 rings (SSSR count). The Labute approximate surface area is 196 Å². The van der Waals surface area contributed by atoms with E-state index in [-0.39, 0.29) is 17.7 Å². The SMILES string of the molecule is CCc1ccc(C(C)NC(=O)CSc2nnc(Cc3cccs3)n2-c2ccccc2)cc1. The van der Waals surface area contributed by atoms with E-state index in [4.69, 9.17) is 0 Å². The summed E-state index contributed by atoms with van der Waals surface area (Å²) in [5.74, 6) is 1.12. The van der Waals surface area contributed by atoms with E-state index in [1.165, 1.54) is 22.2 Å². The maximum absolute atomic E-state index is 12.6. The Balaban J connectivity index is 1.45. The molecular formula is C25H26N4OS2. The van der Waals surface area contributed by atoms with Crippen LogP contribution in [0, 0.1) is 0 Å². The fourth-order valence-corrected chi connectivity index (χ4v) is 4.94. The van der Waals surface area contributed by atoms with Crippen LogP contribution in [-0.2, 0) is 17.6 Å². The van der Waals surface area contributed by atoms with Gasteiger partial charge in [-0.05, 0) is 48.1 Å². The number of thioether (sulfide) groups is 1. The highest BCUT2D eigenvalue weighted by Gasteiger charge is 2.17. The Morgan fingerprint density at radius 2 is 1.84 bits per heavy atom. The van der Waals surface area contributed by atoms with Crippen molar-refractivity contribution in [3.63, 3.8) is 0 Å². The van der Waals surface area contributed by atoms with Gasteiger partial charge in [0.2, 0.25) is 5.91 Å². The van der Waals surface area contributed by atoms with Crippen molar-refractivity contribution in [1.82, 2.24) is 20.1 Å². The second kappa shape index (κ2) is 10.6. The second-order valence-electron chi connectivity index (χ2n) is 7.50. The van der Waals surface area contributed by atoms with Crippen LogP contribution in [-0.4, -0.2) is 26.4 Å². The zero-order chi connectivity index (χ0) is 22.3. The zero-order valence-corrected chi connectivity index (χ0v) is 19.8. The van der Waals surface area contributed by atoms with Crippen LogP contribution in [0.1, 0.15) is 41.7 Å². The van der Waals surface area contributed by atoms with Gasteiger partial charge in [-0.1, -0.05) is 67.2 Å². The summed E-state index contributed by atoms with van der Waals surface area (Å²) in [4.78, 5) is 13.9. The average molecular weight is 463 g/mol. The van der Waals surface area contributed by atoms with Gasteiger partial charge in [-0.25, -0.2) is 0 Å². The van der Waals surface area contributed by atoms with Crippen LogP contribution in [0.5, 0.6) is 0 Å². The van der Waals surface area contributed by atoms with E-state index in [0.29, 0.717) is 6.42 Å². The molecule has 7 heteroatoms. The van der Waals surface area contributed by atoms with Gasteiger partial charge >= 0.3 is 0 Å². The molecule has 0 aliphatic carbocycles. The number of benzene rings is 2. The van der Waals surface area contributed by atoms with Gasteiger partial charge in [0.05, 0.1) is 11.8 Å². The first-order valence-electron chi connectivity index (χ1n) is 10.7. The maximum atomic E-state index is 12.6. The summed E-state index contributed by atoms with van der Waals surface area (Å²) in [6.07, 6.45) is 1.71. The van der Waals surface area contributed by atoms with Gasteiger partial charge in [-0.3, -0.25) is 9.36 Å². The predicted molar refractivity (Wildman–Crippen MR) is 132 cm³/mol. The molecule has 2 aromatic heterocycles. The Morgan fingerprint density at radius 1 is 1.06 bits per heavy atom. The number of rotatable bonds is 9. The Bertz CT molecular complexity index is 1140. The van der Waals surface area contributed by atoms with E-state index in [0.717, 1.165) is 28.7 Å². The number of nitrogens with one attached hydrogen (secondary N) is 1. The van der Waals surface area contributed by atoms with Gasteiger partial charge in [-0.2, -0.15) is 0 Å². The van der Waals surface area contributed by atoms with Gasteiger partial charge in [0.15, 0.2) is 5.16 Å². The molecule has 0 fully saturated rings. The number of hydrogen-bond donors (Lipinski definition) is 1. The summed E-state index contributed by atoms with van der Waals surface area (Å²) in [6.45, 7) is 4.15. The predicted octanol–water partition coefficient (Wildman–Crippen LogP) is 5.45. The average Bonchev–Trinajstić information content (AvgIpc) is 3.48. The molecule has 4 aromatic rings. The van der Waals surface area contributed by atoms with Crippen LogP contribution >= 0.6 is 23.1 Å². The molecule has 0 aliphatic heterocycles. The van der Waals surface area contributed by atoms with Crippen molar-refractivity contribution in [1.29, 1.82) is 0 Å². The van der Waals surface area contributed by atoms with Crippen molar-refractivity contribution in [3.8, 4) is 5.69 Å². The van der Waals surface area contributed by atoms with E-state index in [1.807, 2.05) is 47.9 Å². The topological polar surface area (TPSA) is 59.8 Å². The third-order valence-corrected chi connectivity index (χ3v) is 7.03. The molecule has 32 heavy (non-hydrogen) atoms. The van der Waals surface area contributed by atoms with Gasteiger partial charge in [-0.15, -0.1) is 21.5 Å². The minimum atomic E-state index is -0.0459. The first kappa shape index (κ1) is 22.3. The minimum Gasteiger partial charge on any atom is -0.349 e. The summed E-state index contributed by atoms with van der Waals surface area (Å²) in [7, 11) is 0. The summed E-state index contributed by atoms with van der Waals surface area (Å²) in [5, 5.41) is 14.7. The molecule has 2 heterocycles. The quantitative estimate of drug-likeness (QED) is 0.336. The van der Waals surface area contributed by atoms with E-state index < -0.39 is 0 Å². The van der Waals surface area contributed by atoms with E-state index >= 15 is 0 Å². The Hall–Kier alpha value is -2.90. The van der Waals surface area contributed by atoms with Gasteiger partial charge in [0.25, 0.3) is 0 Å². The lowest BCUT2D eigenvalue weighted by molar-refractivity contribution is -0.119. The number of amides is 1. The molecule has 2 aromatic carbocycles. The number of para-hydroxylation sites is 1. The van der Waals surface area contributed by atoms with E-state index in [2.05, 4.69) is 58.1 Å². The largest absolute Gasteiger partial charge is 0.349 e. The summed E-state index contributed by atoms with van der Waals surface area (Å²) < 4.78 is 2.05. The summed E-state index contributed by atoms with van der Waals surface area (Å²) >= 11 is 3.11. The smallest absolute Gasteiger partial charge is 0.230 e. The third-order valence-electron chi connectivity index (χ3n) is 5.23. The summed E-state index contributed by atoms with van der Waals surface area (Å²) in [5.41, 5.74) is 3.39. The monoisotopic (exact) mass is 462 g/mol. The van der Waals surface area contributed by atoms with Gasteiger partial charge < -0.3 is 5.32 Å². The molecule has 164 valence electrons. The fraction of sp³-hybridized carbons (Fsp3) is 0.240. The van der Waals surface area contributed by atoms with Crippen LogP contribution in [0.4, 0.5) is 0 Å². The number of hydrogen-bond acceptors (Lipinski definition) is 5. The molecule has 1 atom stereocenters. The van der Waals surface area contributed by atoms with Crippen molar-refractivity contribution in [2.75, 3.05) is 5.75 Å². The first-order chi connectivity index (χ1) is 15.6. The van der Waals surface area contributed by atoms with Gasteiger partial charge in [0.1, 0.15) is 5.82 Å². The number of nitrogens with zero attached hydrogens (tertiary/aromatic N) is 3. The van der Waals surface area contributed by atoms with Crippen LogP contribution in [0.25, 0.3) is 5.69 Å². The Morgan fingerprint density at radius 3 is 2.53 bits per heavy atom. The summed E-state index contributed by atoms with van der Waals surface area (Å²) in [6, 6.07) is 22.5.